The number of hydrogen-bond acceptors (Lipinski definition) is 11. The van der Waals surface area contributed by atoms with Gasteiger partial charge in [0.25, 0.3) is 0 Å². The Balaban J connectivity index is 0.000000197. The maximum absolute atomic E-state index is 13.2. The van der Waals surface area contributed by atoms with Crippen LogP contribution < -0.4 is 27.4 Å². The summed E-state index contributed by atoms with van der Waals surface area (Å²) in [5.74, 6) is -5.03. The van der Waals surface area contributed by atoms with Crippen molar-refractivity contribution in [3.8, 4) is 0 Å². The Kier molecular flexibility index (Phi) is 16.7. The third-order valence-corrected chi connectivity index (χ3v) is 10.5. The first kappa shape index (κ1) is 47.0. The van der Waals surface area contributed by atoms with Gasteiger partial charge in [-0.3, -0.25) is 44.1 Å². The highest BCUT2D eigenvalue weighted by Crippen LogP contribution is 2.37. The average Bonchev–Trinajstić information content (AvgIpc) is 4.07. The fraction of sp³-hybridized carbons (Fsp3) is 0.244. The van der Waals surface area contributed by atoms with Crippen LogP contribution in [0.15, 0.2) is 122 Å². The molecule has 2 aliphatic heterocycles. The summed E-state index contributed by atoms with van der Waals surface area (Å²) < 4.78 is 0. The molecular formula is C45H50N12O7. The van der Waals surface area contributed by atoms with E-state index in [-0.39, 0.29) is 41.9 Å². The maximum atomic E-state index is 13.2. The van der Waals surface area contributed by atoms with Crippen LogP contribution in [-0.2, 0) is 19.2 Å². The number of aromatic nitrogens is 6. The number of anilines is 2. The number of benzene rings is 2. The molecule has 19 nitrogen and oxygen atoms in total. The zero-order chi connectivity index (χ0) is 44.7. The third kappa shape index (κ3) is 12.7. The Morgan fingerprint density at radius 2 is 1.16 bits per heavy atom. The average molecular weight is 871 g/mol. The molecule has 4 atom stereocenters. The summed E-state index contributed by atoms with van der Waals surface area (Å²) in [5, 5.41) is 30.6. The van der Waals surface area contributed by atoms with Gasteiger partial charge in [0, 0.05) is 67.1 Å². The molecule has 8 rings (SSSR count). The first-order valence-electron chi connectivity index (χ1n) is 19.9. The number of rotatable bonds is 8. The van der Waals surface area contributed by atoms with E-state index < -0.39 is 35.5 Å². The molecular weight excluding hydrogens is 821 g/mol. The van der Waals surface area contributed by atoms with Crippen molar-refractivity contribution in [2.45, 2.75) is 57.0 Å². The number of aromatic amines is 2. The van der Waals surface area contributed by atoms with Crippen molar-refractivity contribution in [2.24, 2.45) is 11.5 Å². The van der Waals surface area contributed by atoms with Crippen LogP contribution in [0.25, 0.3) is 0 Å². The van der Waals surface area contributed by atoms with Crippen LogP contribution in [0.5, 0.6) is 0 Å². The van der Waals surface area contributed by atoms with Crippen LogP contribution in [0.3, 0.4) is 0 Å². The van der Waals surface area contributed by atoms with Crippen LogP contribution >= 0.6 is 0 Å². The Morgan fingerprint density at radius 1 is 0.641 bits per heavy atom. The number of nitrogens with one attached hydrogen (secondary N) is 5. The van der Waals surface area contributed by atoms with Crippen LogP contribution in [-0.4, -0.2) is 89.0 Å². The molecule has 2 saturated heterocycles. The largest absolute Gasteiger partial charge is 0.474 e. The number of aliphatic carboxylic acids is 1. The molecule has 2 aromatic carbocycles. The third-order valence-electron chi connectivity index (χ3n) is 10.5. The molecule has 0 spiro atoms. The number of nitrogens with zero attached hydrogens (tertiary/aromatic N) is 5. The first-order valence-corrected chi connectivity index (χ1v) is 19.9. The lowest BCUT2D eigenvalue weighted by atomic mass is 9.87. The number of nitrogens with two attached hydrogens (primary N) is 2. The smallest absolute Gasteiger partial charge is 0.394 e. The van der Waals surface area contributed by atoms with Gasteiger partial charge in [-0.05, 0) is 61.1 Å². The number of H-pyrrole nitrogens is 2. The lowest BCUT2D eigenvalue weighted by Gasteiger charge is -2.39. The second kappa shape index (κ2) is 22.7. The standard InChI is InChI=1S/C22H22N6O3.C14H17N3.C8H7N3O4.CH4/c23-20(29)16-10-17(12-24-11-16)26-21(30)22(31)28-13-15(18-8-9-25-27-18)6-7-19(28)14-4-2-1-3-5-14;1-2-4-11(5-3-1)13-7-6-12(10-15-13)14-8-9-16-17-14;9-6(12)4-1-5(3-10-2-4)11-7(13)8(14)15;/h1-5,8-12,15,19H,6-7,13H2,(H2,23,29)(H,25,27)(H,26,30);1-5,8-9,12-13,15H,6-7,10H2,(H,16,17);1-3H,(H2,9,12)(H,11,13)(H,14,15);1H4/t15-,19+;;;/m1.../s1. The van der Waals surface area contributed by atoms with Crippen LogP contribution in [0, 0.1) is 0 Å². The highest BCUT2D eigenvalue weighted by atomic mass is 16.4. The summed E-state index contributed by atoms with van der Waals surface area (Å²) in [5.41, 5.74) is 15.3. The molecule has 2 aliphatic rings. The van der Waals surface area contributed by atoms with Crippen molar-refractivity contribution in [1.29, 1.82) is 0 Å². The molecule has 6 aromatic rings. The number of carboxylic acids is 1. The molecule has 0 bridgehead atoms. The Labute approximate surface area is 368 Å². The number of amides is 5. The highest BCUT2D eigenvalue weighted by molar-refractivity contribution is 6.39. The van der Waals surface area contributed by atoms with Crippen LogP contribution in [0.2, 0.25) is 0 Å². The second-order valence-corrected chi connectivity index (χ2v) is 14.7. The van der Waals surface area contributed by atoms with Gasteiger partial charge >= 0.3 is 23.7 Å². The summed E-state index contributed by atoms with van der Waals surface area (Å²) in [7, 11) is 0. The first-order chi connectivity index (χ1) is 30.5. The lowest BCUT2D eigenvalue weighted by molar-refractivity contribution is -0.147. The van der Waals surface area contributed by atoms with Gasteiger partial charge in [-0.1, -0.05) is 68.1 Å². The fourth-order valence-electron chi connectivity index (χ4n) is 7.34. The minimum absolute atomic E-state index is 0. The highest BCUT2D eigenvalue weighted by Gasteiger charge is 2.36. The summed E-state index contributed by atoms with van der Waals surface area (Å²) >= 11 is 0. The van der Waals surface area contributed by atoms with Gasteiger partial charge in [-0.2, -0.15) is 10.2 Å². The van der Waals surface area contributed by atoms with Gasteiger partial charge in [-0.15, -0.1) is 0 Å². The Hall–Kier alpha value is -8.06. The lowest BCUT2D eigenvalue weighted by Crippen LogP contribution is -2.46. The monoisotopic (exact) mass is 870 g/mol. The van der Waals surface area contributed by atoms with E-state index in [9.17, 15) is 28.8 Å². The summed E-state index contributed by atoms with van der Waals surface area (Å²) in [6.45, 7) is 1.41. The van der Waals surface area contributed by atoms with E-state index in [0.29, 0.717) is 24.9 Å². The van der Waals surface area contributed by atoms with Crippen molar-refractivity contribution in [3.05, 3.63) is 156 Å². The number of carboxylic acid groups (broad SMARTS) is 1. The normalized spacial score (nSPS) is 17.7. The topological polar surface area (TPSA) is 297 Å². The molecule has 5 amide bonds. The van der Waals surface area contributed by atoms with Crippen molar-refractivity contribution in [3.63, 3.8) is 0 Å². The number of hydrogen-bond donors (Lipinski definition) is 8. The van der Waals surface area contributed by atoms with E-state index in [1.807, 2.05) is 47.9 Å². The van der Waals surface area contributed by atoms with Gasteiger partial charge in [0.2, 0.25) is 11.8 Å². The van der Waals surface area contributed by atoms with E-state index in [2.05, 4.69) is 77.4 Å². The molecule has 10 N–H and O–H groups in total. The molecule has 6 heterocycles. The molecule has 0 aliphatic carbocycles. The Morgan fingerprint density at radius 3 is 1.64 bits per heavy atom. The Bertz CT molecular complexity index is 2480. The molecule has 2 fully saturated rings. The maximum Gasteiger partial charge on any atom is 0.394 e. The number of primary amides is 2. The molecule has 19 heteroatoms. The van der Waals surface area contributed by atoms with E-state index in [4.69, 9.17) is 16.6 Å². The van der Waals surface area contributed by atoms with Gasteiger partial charge in [-0.25, -0.2) is 4.79 Å². The molecule has 4 aromatic heterocycles. The number of likely N-dealkylation sites (tertiary alicyclic amines) is 1. The predicted octanol–water partition coefficient (Wildman–Crippen LogP) is 4.45. The summed E-state index contributed by atoms with van der Waals surface area (Å²) in [6.07, 6.45) is 12.5. The molecule has 0 saturated carbocycles. The molecule has 0 radical (unpaired) electrons. The van der Waals surface area contributed by atoms with E-state index in [0.717, 1.165) is 24.2 Å². The fourth-order valence-corrected chi connectivity index (χ4v) is 7.34. The van der Waals surface area contributed by atoms with Gasteiger partial charge < -0.3 is 37.4 Å². The SMILES string of the molecule is C.NC(=O)c1cncc(NC(=O)C(=O)N2C[C@H](c3ccn[nH]3)CC[C@H]2c2ccccc2)c1.NC(=O)c1cncc(NC(=O)C(=O)O)c1.c1ccc(C2CCC(c3ccn[nH]3)CN2)cc1. The van der Waals surface area contributed by atoms with E-state index in [1.165, 1.54) is 61.0 Å². The molecule has 64 heavy (non-hydrogen) atoms. The van der Waals surface area contributed by atoms with E-state index >= 15 is 0 Å². The van der Waals surface area contributed by atoms with Crippen molar-refractivity contribution in [2.75, 3.05) is 23.7 Å². The zero-order valence-corrected chi connectivity index (χ0v) is 33.9. The van der Waals surface area contributed by atoms with Crippen molar-refractivity contribution in [1.82, 2.24) is 40.6 Å². The number of pyridine rings is 2. The van der Waals surface area contributed by atoms with Crippen molar-refractivity contribution < 1.29 is 33.9 Å². The quantitative estimate of drug-likeness (QED) is 0.0985. The van der Waals surface area contributed by atoms with E-state index in [1.54, 1.807) is 11.1 Å². The number of carbonyl (C=O) groups excluding carboxylic acids is 5. The van der Waals surface area contributed by atoms with Gasteiger partial charge in [0.1, 0.15) is 0 Å². The summed E-state index contributed by atoms with van der Waals surface area (Å²) in [6, 6.07) is 27.2. The minimum atomic E-state index is -1.63. The molecule has 332 valence electrons. The van der Waals surface area contributed by atoms with Crippen LogP contribution in [0.4, 0.5) is 11.4 Å². The zero-order valence-electron chi connectivity index (χ0n) is 33.9. The second-order valence-electron chi connectivity index (χ2n) is 14.7. The molecule has 2 unspecified atom stereocenters. The number of piperidine rings is 2. The summed E-state index contributed by atoms with van der Waals surface area (Å²) in [4.78, 5) is 78.1. The predicted molar refractivity (Wildman–Crippen MR) is 236 cm³/mol. The van der Waals surface area contributed by atoms with Crippen LogP contribution in [0.1, 0.15) is 100 Å². The minimum Gasteiger partial charge on any atom is -0.474 e. The van der Waals surface area contributed by atoms with Crippen molar-refractivity contribution >= 4 is 46.9 Å². The van der Waals surface area contributed by atoms with Gasteiger partial charge in [0.15, 0.2) is 0 Å². The van der Waals surface area contributed by atoms with Gasteiger partial charge in [0.05, 0.1) is 40.9 Å². The number of carbonyl (C=O) groups is 6.